The van der Waals surface area contributed by atoms with Crippen LogP contribution in [0.2, 0.25) is 0 Å². The van der Waals surface area contributed by atoms with Crippen molar-refractivity contribution in [2.75, 3.05) is 66.1 Å². The van der Waals surface area contributed by atoms with E-state index in [1.54, 1.807) is 7.11 Å². The fourth-order valence-electron chi connectivity index (χ4n) is 2.25. The third-order valence-corrected chi connectivity index (χ3v) is 3.18. The van der Waals surface area contributed by atoms with Crippen LogP contribution in [0.15, 0.2) is 0 Å². The van der Waals surface area contributed by atoms with Gasteiger partial charge in [-0.1, -0.05) is 13.8 Å². The highest BCUT2D eigenvalue weighted by Gasteiger charge is 2.16. The summed E-state index contributed by atoms with van der Waals surface area (Å²) in [6.07, 6.45) is 0. The molecule has 4 nitrogen and oxygen atoms in total. The SMILES string of the molecule is COCCNCCN1CCN(CC(C)C)CC1. The smallest absolute Gasteiger partial charge is 0.0587 e. The third kappa shape index (κ3) is 6.99. The summed E-state index contributed by atoms with van der Waals surface area (Å²) < 4.78 is 5.00. The Hall–Kier alpha value is -0.160. The Balaban J connectivity index is 1.99. The molecule has 0 radical (unpaired) electrons. The predicted octanol–water partition coefficient (Wildman–Crippen LogP) is 0.496. The normalized spacial score (nSPS) is 19.1. The summed E-state index contributed by atoms with van der Waals surface area (Å²) in [4.78, 5) is 5.14. The van der Waals surface area contributed by atoms with Crippen molar-refractivity contribution < 1.29 is 4.74 Å². The molecule has 0 saturated carbocycles. The van der Waals surface area contributed by atoms with Crippen LogP contribution in [0.4, 0.5) is 0 Å². The van der Waals surface area contributed by atoms with E-state index in [1.807, 2.05) is 0 Å². The minimum absolute atomic E-state index is 0.789. The van der Waals surface area contributed by atoms with Crippen LogP contribution in [-0.2, 0) is 4.74 Å². The molecule has 0 aliphatic carbocycles. The second kappa shape index (κ2) is 8.86. The molecule has 1 heterocycles. The predicted molar refractivity (Wildman–Crippen MR) is 72.5 cm³/mol. The number of nitrogens with one attached hydrogen (secondary N) is 1. The van der Waals surface area contributed by atoms with Gasteiger partial charge in [-0.05, 0) is 5.92 Å². The minimum atomic E-state index is 0.789. The fourth-order valence-corrected chi connectivity index (χ4v) is 2.25. The zero-order valence-corrected chi connectivity index (χ0v) is 11.7. The van der Waals surface area contributed by atoms with Gasteiger partial charge in [-0.15, -0.1) is 0 Å². The first-order valence-corrected chi connectivity index (χ1v) is 6.86. The number of rotatable bonds is 8. The second-order valence-corrected chi connectivity index (χ2v) is 5.28. The van der Waals surface area contributed by atoms with Gasteiger partial charge in [0.25, 0.3) is 0 Å². The molecule has 0 aromatic heterocycles. The first-order chi connectivity index (χ1) is 8.22. The average molecular weight is 243 g/mol. The van der Waals surface area contributed by atoms with Crippen LogP contribution in [0.5, 0.6) is 0 Å². The summed E-state index contributed by atoms with van der Waals surface area (Å²) in [6.45, 7) is 14.8. The number of hydrogen-bond acceptors (Lipinski definition) is 4. The molecule has 1 aliphatic rings. The highest BCUT2D eigenvalue weighted by molar-refractivity contribution is 4.73. The van der Waals surface area contributed by atoms with Gasteiger partial charge in [-0.25, -0.2) is 0 Å². The molecule has 0 aromatic carbocycles. The van der Waals surface area contributed by atoms with Crippen LogP contribution < -0.4 is 5.32 Å². The highest BCUT2D eigenvalue weighted by atomic mass is 16.5. The Labute approximate surface area is 106 Å². The van der Waals surface area contributed by atoms with Crippen molar-refractivity contribution >= 4 is 0 Å². The number of ether oxygens (including phenoxy) is 1. The lowest BCUT2D eigenvalue weighted by atomic mass is 10.2. The van der Waals surface area contributed by atoms with Crippen LogP contribution in [0.1, 0.15) is 13.8 Å². The molecular formula is C13H29N3O. The molecule has 4 heteroatoms. The Kier molecular flexibility index (Phi) is 7.77. The first kappa shape index (κ1) is 14.9. The molecular weight excluding hydrogens is 214 g/mol. The Morgan fingerprint density at radius 3 is 2.29 bits per heavy atom. The van der Waals surface area contributed by atoms with Crippen molar-refractivity contribution in [2.24, 2.45) is 5.92 Å². The third-order valence-electron chi connectivity index (χ3n) is 3.18. The molecule has 102 valence electrons. The van der Waals surface area contributed by atoms with Crippen molar-refractivity contribution in [1.82, 2.24) is 15.1 Å². The van der Waals surface area contributed by atoms with E-state index >= 15 is 0 Å². The van der Waals surface area contributed by atoms with Gasteiger partial charge < -0.3 is 15.0 Å². The van der Waals surface area contributed by atoms with Gasteiger partial charge in [0.15, 0.2) is 0 Å². The van der Waals surface area contributed by atoms with Gasteiger partial charge in [-0.3, -0.25) is 4.90 Å². The number of methoxy groups -OCH3 is 1. The van der Waals surface area contributed by atoms with Crippen LogP contribution in [0.25, 0.3) is 0 Å². The molecule has 0 bridgehead atoms. The lowest BCUT2D eigenvalue weighted by Crippen LogP contribution is -2.48. The molecule has 0 amide bonds. The van der Waals surface area contributed by atoms with Crippen molar-refractivity contribution in [1.29, 1.82) is 0 Å². The molecule has 1 saturated heterocycles. The quantitative estimate of drug-likeness (QED) is 0.628. The summed E-state index contributed by atoms with van der Waals surface area (Å²) in [5, 5.41) is 3.40. The van der Waals surface area contributed by atoms with E-state index in [0.29, 0.717) is 0 Å². The molecule has 17 heavy (non-hydrogen) atoms. The zero-order chi connectivity index (χ0) is 12.5. The van der Waals surface area contributed by atoms with Gasteiger partial charge in [0, 0.05) is 59.5 Å². The zero-order valence-electron chi connectivity index (χ0n) is 11.7. The molecule has 1 aliphatic heterocycles. The van der Waals surface area contributed by atoms with Crippen LogP contribution in [-0.4, -0.2) is 75.9 Å². The molecule has 1 N–H and O–H groups in total. The molecule has 1 fully saturated rings. The van der Waals surface area contributed by atoms with Gasteiger partial charge in [-0.2, -0.15) is 0 Å². The maximum atomic E-state index is 5.00. The maximum Gasteiger partial charge on any atom is 0.0587 e. The highest BCUT2D eigenvalue weighted by Crippen LogP contribution is 2.04. The molecule has 0 atom stereocenters. The fraction of sp³-hybridized carbons (Fsp3) is 1.00. The van der Waals surface area contributed by atoms with Crippen molar-refractivity contribution in [3.05, 3.63) is 0 Å². The van der Waals surface area contributed by atoms with Gasteiger partial charge in [0.05, 0.1) is 6.61 Å². The van der Waals surface area contributed by atoms with E-state index in [9.17, 15) is 0 Å². The van der Waals surface area contributed by atoms with Gasteiger partial charge in [0.2, 0.25) is 0 Å². The average Bonchev–Trinajstić information content (AvgIpc) is 2.30. The van der Waals surface area contributed by atoms with Crippen molar-refractivity contribution in [2.45, 2.75) is 13.8 Å². The van der Waals surface area contributed by atoms with E-state index in [0.717, 1.165) is 25.6 Å². The Morgan fingerprint density at radius 2 is 1.71 bits per heavy atom. The van der Waals surface area contributed by atoms with Crippen molar-refractivity contribution in [3.63, 3.8) is 0 Å². The largest absolute Gasteiger partial charge is 0.383 e. The summed E-state index contributed by atoms with van der Waals surface area (Å²) in [6, 6.07) is 0. The van der Waals surface area contributed by atoms with E-state index in [1.165, 1.54) is 39.3 Å². The lowest BCUT2D eigenvalue weighted by Gasteiger charge is -2.35. The number of piperazine rings is 1. The molecule has 0 aromatic rings. The Morgan fingerprint density at radius 1 is 1.06 bits per heavy atom. The molecule has 0 spiro atoms. The topological polar surface area (TPSA) is 27.7 Å². The number of hydrogen-bond donors (Lipinski definition) is 1. The lowest BCUT2D eigenvalue weighted by molar-refractivity contribution is 0.122. The van der Waals surface area contributed by atoms with Gasteiger partial charge >= 0.3 is 0 Å². The summed E-state index contributed by atoms with van der Waals surface area (Å²) in [7, 11) is 1.75. The van der Waals surface area contributed by atoms with E-state index < -0.39 is 0 Å². The summed E-state index contributed by atoms with van der Waals surface area (Å²) in [5.41, 5.74) is 0. The first-order valence-electron chi connectivity index (χ1n) is 6.86. The maximum absolute atomic E-state index is 5.00. The second-order valence-electron chi connectivity index (χ2n) is 5.28. The number of nitrogens with zero attached hydrogens (tertiary/aromatic N) is 2. The van der Waals surface area contributed by atoms with E-state index in [2.05, 4.69) is 29.0 Å². The van der Waals surface area contributed by atoms with Crippen LogP contribution >= 0.6 is 0 Å². The van der Waals surface area contributed by atoms with Gasteiger partial charge in [0.1, 0.15) is 0 Å². The van der Waals surface area contributed by atoms with E-state index in [4.69, 9.17) is 4.74 Å². The van der Waals surface area contributed by atoms with E-state index in [-0.39, 0.29) is 0 Å². The monoisotopic (exact) mass is 243 g/mol. The standard InChI is InChI=1S/C13H29N3O/c1-13(2)12-16-9-7-15(8-10-16)6-4-14-5-11-17-3/h13-14H,4-12H2,1-3H3. The summed E-state index contributed by atoms with van der Waals surface area (Å²) >= 11 is 0. The Bertz CT molecular complexity index is 180. The minimum Gasteiger partial charge on any atom is -0.383 e. The molecule has 1 rings (SSSR count). The molecule has 0 unspecified atom stereocenters. The van der Waals surface area contributed by atoms with Crippen LogP contribution in [0, 0.1) is 5.92 Å². The summed E-state index contributed by atoms with van der Waals surface area (Å²) in [5.74, 6) is 0.789. The van der Waals surface area contributed by atoms with Crippen LogP contribution in [0.3, 0.4) is 0 Å². The van der Waals surface area contributed by atoms with Crippen molar-refractivity contribution in [3.8, 4) is 0 Å².